The van der Waals surface area contributed by atoms with Crippen molar-refractivity contribution in [3.8, 4) is 0 Å². The van der Waals surface area contributed by atoms with Gasteiger partial charge in [0.1, 0.15) is 17.3 Å². The number of hydrogen-bond donors (Lipinski definition) is 2. The Morgan fingerprint density at radius 2 is 1.90 bits per heavy atom. The van der Waals surface area contributed by atoms with Crippen LogP contribution in [-0.2, 0) is 6.54 Å². The summed E-state index contributed by atoms with van der Waals surface area (Å²) in [5.74, 6) is 0.889. The highest BCUT2D eigenvalue weighted by atomic mass is 16.1. The van der Waals surface area contributed by atoms with Crippen molar-refractivity contribution in [2.24, 2.45) is 0 Å². The summed E-state index contributed by atoms with van der Waals surface area (Å²) in [5.41, 5.74) is 3.31. The topological polar surface area (TPSA) is 83.0 Å². The highest BCUT2D eigenvalue weighted by Crippen LogP contribution is 2.22. The Morgan fingerprint density at radius 1 is 1.10 bits per heavy atom. The number of hydrogen-bond acceptors (Lipinski definition) is 6. The average Bonchev–Trinajstić information content (AvgIpc) is 3.28. The second-order valence-electron chi connectivity index (χ2n) is 7.10. The van der Waals surface area contributed by atoms with E-state index in [1.807, 2.05) is 36.4 Å². The lowest BCUT2D eigenvalue weighted by atomic mass is 10.2. The monoisotopic (exact) mass is 388 g/mol. The molecule has 1 amide bonds. The van der Waals surface area contributed by atoms with Gasteiger partial charge in [-0.25, -0.2) is 9.97 Å². The molecule has 4 rings (SSSR count). The third kappa shape index (κ3) is 4.87. The quantitative estimate of drug-likeness (QED) is 0.671. The van der Waals surface area contributed by atoms with Crippen LogP contribution in [0, 0.1) is 6.92 Å². The van der Waals surface area contributed by atoms with Crippen LogP contribution in [0.4, 0.5) is 17.2 Å². The molecule has 0 aliphatic carbocycles. The first-order valence-electron chi connectivity index (χ1n) is 9.82. The molecule has 0 spiro atoms. The first-order valence-corrected chi connectivity index (χ1v) is 9.82. The number of carbonyl (C=O) groups excluding carboxylic acids is 1. The predicted molar refractivity (Wildman–Crippen MR) is 114 cm³/mol. The van der Waals surface area contributed by atoms with Crippen molar-refractivity contribution in [3.05, 3.63) is 71.9 Å². The van der Waals surface area contributed by atoms with Gasteiger partial charge in [0.25, 0.3) is 5.91 Å². The third-order valence-electron chi connectivity index (χ3n) is 4.86. The number of aromatic nitrogens is 3. The number of carbonyl (C=O) groups is 1. The number of aryl methyl sites for hydroxylation is 1. The maximum absolute atomic E-state index is 12.7. The van der Waals surface area contributed by atoms with Gasteiger partial charge in [-0.05, 0) is 55.7 Å². The molecule has 2 aromatic heterocycles. The maximum atomic E-state index is 12.7. The van der Waals surface area contributed by atoms with E-state index in [1.54, 1.807) is 25.4 Å². The minimum atomic E-state index is -0.256. The summed E-state index contributed by atoms with van der Waals surface area (Å²) < 4.78 is 0. The van der Waals surface area contributed by atoms with Crippen LogP contribution in [0.5, 0.6) is 0 Å². The molecule has 2 N–H and O–H groups in total. The van der Waals surface area contributed by atoms with E-state index in [0.29, 0.717) is 23.9 Å². The molecule has 1 aromatic carbocycles. The van der Waals surface area contributed by atoms with Crippen molar-refractivity contribution in [1.82, 2.24) is 15.0 Å². The van der Waals surface area contributed by atoms with Crippen molar-refractivity contribution >= 4 is 23.1 Å². The number of rotatable bonds is 6. The smallest absolute Gasteiger partial charge is 0.274 e. The number of anilines is 3. The molecule has 1 aliphatic heterocycles. The molecule has 0 bridgehead atoms. The molecule has 1 fully saturated rings. The van der Waals surface area contributed by atoms with Crippen molar-refractivity contribution in [1.29, 1.82) is 0 Å². The van der Waals surface area contributed by atoms with Crippen LogP contribution in [0.25, 0.3) is 0 Å². The second-order valence-corrected chi connectivity index (χ2v) is 7.10. The summed E-state index contributed by atoms with van der Waals surface area (Å²) in [6.45, 7) is 4.54. The van der Waals surface area contributed by atoms with E-state index < -0.39 is 0 Å². The third-order valence-corrected chi connectivity index (χ3v) is 4.86. The van der Waals surface area contributed by atoms with E-state index in [4.69, 9.17) is 0 Å². The molecule has 0 unspecified atom stereocenters. The van der Waals surface area contributed by atoms with Crippen molar-refractivity contribution < 1.29 is 4.79 Å². The normalized spacial score (nSPS) is 13.3. The molecular formula is C22H24N6O. The molecule has 3 heterocycles. The van der Waals surface area contributed by atoms with Gasteiger partial charge in [-0.3, -0.25) is 9.78 Å². The predicted octanol–water partition coefficient (Wildman–Crippen LogP) is 3.64. The Bertz CT molecular complexity index is 968. The number of nitrogens with one attached hydrogen (secondary N) is 2. The van der Waals surface area contributed by atoms with Crippen LogP contribution >= 0.6 is 0 Å². The average molecular weight is 388 g/mol. The fourth-order valence-corrected chi connectivity index (χ4v) is 3.40. The number of pyridine rings is 1. The first kappa shape index (κ1) is 18.9. The molecule has 148 valence electrons. The van der Waals surface area contributed by atoms with Gasteiger partial charge in [-0.1, -0.05) is 6.07 Å². The summed E-state index contributed by atoms with van der Waals surface area (Å²) in [6, 6.07) is 13.5. The summed E-state index contributed by atoms with van der Waals surface area (Å²) in [6.07, 6.45) is 6.00. The van der Waals surface area contributed by atoms with E-state index in [-0.39, 0.29) is 5.91 Å². The fourth-order valence-electron chi connectivity index (χ4n) is 3.40. The zero-order valence-corrected chi connectivity index (χ0v) is 16.4. The lowest BCUT2D eigenvalue weighted by Crippen LogP contribution is -2.18. The van der Waals surface area contributed by atoms with Gasteiger partial charge in [0, 0.05) is 49.5 Å². The molecule has 1 saturated heterocycles. The Labute approximate surface area is 170 Å². The standard InChI is InChI=1S/C22H24N6O/c1-16-25-20(13-21(26-16)24-15-17-5-4-10-23-14-17)22(29)27-18-6-8-19(9-7-18)28-11-2-3-12-28/h4-10,13-14H,2-3,11-12,15H2,1H3,(H,27,29)(H,24,25,26). The summed E-state index contributed by atoms with van der Waals surface area (Å²) in [5, 5.41) is 6.14. The molecule has 1 aliphatic rings. The van der Waals surface area contributed by atoms with E-state index in [0.717, 1.165) is 24.3 Å². The summed E-state index contributed by atoms with van der Waals surface area (Å²) >= 11 is 0. The SMILES string of the molecule is Cc1nc(NCc2cccnc2)cc(C(=O)Nc2ccc(N3CCCC3)cc2)n1. The number of amides is 1. The van der Waals surface area contributed by atoms with Crippen molar-refractivity contribution in [2.45, 2.75) is 26.3 Å². The van der Waals surface area contributed by atoms with Crippen LogP contribution in [0.15, 0.2) is 54.9 Å². The highest BCUT2D eigenvalue weighted by Gasteiger charge is 2.14. The zero-order chi connectivity index (χ0) is 20.1. The molecule has 29 heavy (non-hydrogen) atoms. The van der Waals surface area contributed by atoms with Gasteiger partial charge < -0.3 is 15.5 Å². The molecule has 0 saturated carbocycles. The summed E-state index contributed by atoms with van der Waals surface area (Å²) in [7, 11) is 0. The van der Waals surface area contributed by atoms with Crippen molar-refractivity contribution in [2.75, 3.05) is 28.6 Å². The van der Waals surface area contributed by atoms with Crippen LogP contribution in [0.2, 0.25) is 0 Å². The van der Waals surface area contributed by atoms with Gasteiger partial charge in [-0.15, -0.1) is 0 Å². The molecule has 7 heteroatoms. The largest absolute Gasteiger partial charge is 0.372 e. The van der Waals surface area contributed by atoms with Crippen LogP contribution in [0.3, 0.4) is 0 Å². The molecular weight excluding hydrogens is 364 g/mol. The minimum absolute atomic E-state index is 0.256. The molecule has 7 nitrogen and oxygen atoms in total. The van der Waals surface area contributed by atoms with Gasteiger partial charge in [0.15, 0.2) is 0 Å². The van der Waals surface area contributed by atoms with Crippen LogP contribution < -0.4 is 15.5 Å². The van der Waals surface area contributed by atoms with Crippen LogP contribution in [-0.4, -0.2) is 33.9 Å². The maximum Gasteiger partial charge on any atom is 0.274 e. The number of benzene rings is 1. The minimum Gasteiger partial charge on any atom is -0.372 e. The Hall–Kier alpha value is -3.48. The second kappa shape index (κ2) is 8.68. The van der Waals surface area contributed by atoms with E-state index >= 15 is 0 Å². The van der Waals surface area contributed by atoms with Gasteiger partial charge in [-0.2, -0.15) is 0 Å². The lowest BCUT2D eigenvalue weighted by molar-refractivity contribution is 0.102. The molecule has 0 radical (unpaired) electrons. The molecule has 3 aromatic rings. The van der Waals surface area contributed by atoms with Gasteiger partial charge in [0.2, 0.25) is 0 Å². The Morgan fingerprint density at radius 3 is 2.62 bits per heavy atom. The van der Waals surface area contributed by atoms with E-state index in [9.17, 15) is 4.79 Å². The molecule has 0 atom stereocenters. The Kier molecular flexibility index (Phi) is 5.65. The van der Waals surface area contributed by atoms with E-state index in [1.165, 1.54) is 18.5 Å². The summed E-state index contributed by atoms with van der Waals surface area (Å²) in [4.78, 5) is 27.8. The van der Waals surface area contributed by atoms with Gasteiger partial charge in [0.05, 0.1) is 0 Å². The number of nitrogens with zero attached hydrogens (tertiary/aromatic N) is 4. The first-order chi connectivity index (χ1) is 14.2. The lowest BCUT2D eigenvalue weighted by Gasteiger charge is -2.17. The van der Waals surface area contributed by atoms with Crippen molar-refractivity contribution in [3.63, 3.8) is 0 Å². The fraction of sp³-hybridized carbons (Fsp3) is 0.273. The van der Waals surface area contributed by atoms with Gasteiger partial charge >= 0.3 is 0 Å². The van der Waals surface area contributed by atoms with E-state index in [2.05, 4.69) is 30.5 Å². The zero-order valence-electron chi connectivity index (χ0n) is 16.4. The Balaban J connectivity index is 1.42. The highest BCUT2D eigenvalue weighted by molar-refractivity contribution is 6.03. The van der Waals surface area contributed by atoms with Crippen LogP contribution in [0.1, 0.15) is 34.7 Å².